The average Bonchev–Trinajstić information content (AvgIpc) is 3.36. The summed E-state index contributed by atoms with van der Waals surface area (Å²) in [5, 5.41) is 27.0. The average molecular weight is 538 g/mol. The van der Waals surface area contributed by atoms with E-state index in [1.807, 2.05) is 57.2 Å². The van der Waals surface area contributed by atoms with Crippen molar-refractivity contribution >= 4 is 29.2 Å². The molecule has 0 aliphatic rings. The van der Waals surface area contributed by atoms with Crippen LogP contribution in [-0.4, -0.2) is 31.3 Å². The summed E-state index contributed by atoms with van der Waals surface area (Å²) in [4.78, 5) is 12.0. The maximum atomic E-state index is 12.0. The van der Waals surface area contributed by atoms with Gasteiger partial charge >= 0.3 is 5.97 Å². The van der Waals surface area contributed by atoms with Gasteiger partial charge in [0.1, 0.15) is 0 Å². The molecule has 0 fully saturated rings. The highest BCUT2D eigenvalue weighted by molar-refractivity contribution is 6.42. The van der Waals surface area contributed by atoms with Crippen LogP contribution in [0.3, 0.4) is 0 Å². The van der Waals surface area contributed by atoms with E-state index in [1.54, 1.807) is 22.9 Å². The molecule has 4 aromatic rings. The second-order valence-electron chi connectivity index (χ2n) is 9.89. The first-order chi connectivity index (χ1) is 17.6. The zero-order valence-electron chi connectivity index (χ0n) is 20.8. The number of rotatable bonds is 9. The molecule has 37 heavy (non-hydrogen) atoms. The molecule has 0 aliphatic heterocycles. The van der Waals surface area contributed by atoms with E-state index >= 15 is 0 Å². The Hall–Kier alpha value is -3.26. The lowest BCUT2D eigenvalue weighted by Crippen LogP contribution is -2.37. The molecule has 0 spiro atoms. The molecule has 2 atom stereocenters. The van der Waals surface area contributed by atoms with E-state index in [-0.39, 0.29) is 12.3 Å². The fourth-order valence-electron chi connectivity index (χ4n) is 4.48. The van der Waals surface area contributed by atoms with Gasteiger partial charge in [-0.05, 0) is 60.0 Å². The number of halogens is 2. The van der Waals surface area contributed by atoms with E-state index in [1.165, 1.54) is 0 Å². The van der Waals surface area contributed by atoms with Crippen molar-refractivity contribution < 1.29 is 9.90 Å². The Morgan fingerprint density at radius 2 is 1.51 bits per heavy atom. The largest absolute Gasteiger partial charge is 0.481 e. The number of aromatic nitrogens is 4. The summed E-state index contributed by atoms with van der Waals surface area (Å²) >= 11 is 12.5. The fraction of sp³-hybridized carbons (Fsp3) is 0.286. The minimum absolute atomic E-state index is 0.179. The Balaban J connectivity index is 1.91. The number of tetrazole rings is 1. The molecule has 4 rings (SSSR count). The third-order valence-corrected chi connectivity index (χ3v) is 6.90. The highest BCUT2D eigenvalue weighted by Crippen LogP contribution is 2.39. The van der Waals surface area contributed by atoms with Crippen LogP contribution in [0.4, 0.5) is 0 Å². The van der Waals surface area contributed by atoms with E-state index in [2.05, 4.69) is 45.1 Å². The highest BCUT2D eigenvalue weighted by atomic mass is 35.5. The van der Waals surface area contributed by atoms with Crippen LogP contribution in [0, 0.1) is 0 Å². The second kappa shape index (κ2) is 11.4. The maximum Gasteiger partial charge on any atom is 0.305 e. The molecule has 0 bridgehead atoms. The van der Waals surface area contributed by atoms with Crippen LogP contribution in [0.2, 0.25) is 10.0 Å². The number of carbonyl (C=O) groups is 1. The van der Waals surface area contributed by atoms with Crippen LogP contribution < -0.4 is 5.32 Å². The zero-order chi connectivity index (χ0) is 26.6. The highest BCUT2D eigenvalue weighted by Gasteiger charge is 2.35. The summed E-state index contributed by atoms with van der Waals surface area (Å²) < 4.78 is 1.79. The lowest BCUT2D eigenvalue weighted by atomic mass is 9.83. The minimum atomic E-state index is -0.950. The Kier molecular flexibility index (Phi) is 8.27. The molecule has 2 unspecified atom stereocenters. The molecule has 0 radical (unpaired) electrons. The SMILES string of the molecule is CC(C)(C)n1nnnc1C(NC(CC(=O)O)c1ccc(Cl)c(Cl)c1)C(c1ccccc1)c1ccccc1. The van der Waals surface area contributed by atoms with Crippen LogP contribution in [0.15, 0.2) is 78.9 Å². The topological polar surface area (TPSA) is 92.9 Å². The van der Waals surface area contributed by atoms with E-state index in [9.17, 15) is 9.90 Å². The van der Waals surface area contributed by atoms with Crippen LogP contribution in [0.1, 0.15) is 67.7 Å². The first kappa shape index (κ1) is 26.8. The Morgan fingerprint density at radius 3 is 2.03 bits per heavy atom. The van der Waals surface area contributed by atoms with Gasteiger partial charge in [-0.1, -0.05) is 89.9 Å². The number of nitrogens with one attached hydrogen (secondary N) is 1. The first-order valence-electron chi connectivity index (χ1n) is 12.0. The number of carboxylic acid groups (broad SMARTS) is 1. The van der Waals surface area contributed by atoms with E-state index in [0.717, 1.165) is 11.1 Å². The molecule has 0 amide bonds. The predicted octanol–water partition coefficient (Wildman–Crippen LogP) is 6.41. The lowest BCUT2D eigenvalue weighted by molar-refractivity contribution is -0.137. The van der Waals surface area contributed by atoms with Crippen molar-refractivity contribution in [1.82, 2.24) is 25.5 Å². The van der Waals surface area contributed by atoms with Crippen molar-refractivity contribution in [2.75, 3.05) is 0 Å². The van der Waals surface area contributed by atoms with Gasteiger partial charge in [-0.3, -0.25) is 10.1 Å². The van der Waals surface area contributed by atoms with Gasteiger partial charge < -0.3 is 5.11 Å². The van der Waals surface area contributed by atoms with E-state index in [0.29, 0.717) is 21.4 Å². The number of benzene rings is 3. The lowest BCUT2D eigenvalue weighted by Gasteiger charge is -2.33. The van der Waals surface area contributed by atoms with Crippen molar-refractivity contribution in [3.05, 3.63) is 111 Å². The third-order valence-electron chi connectivity index (χ3n) is 6.16. The maximum absolute atomic E-state index is 12.0. The molecule has 3 aromatic carbocycles. The number of hydrogen-bond acceptors (Lipinski definition) is 5. The van der Waals surface area contributed by atoms with Gasteiger partial charge in [0.15, 0.2) is 5.82 Å². The molecule has 0 aliphatic carbocycles. The van der Waals surface area contributed by atoms with Crippen molar-refractivity contribution in [2.45, 2.75) is 50.7 Å². The Labute approximate surface area is 226 Å². The monoisotopic (exact) mass is 537 g/mol. The molecule has 7 nitrogen and oxygen atoms in total. The number of aliphatic carboxylic acids is 1. The van der Waals surface area contributed by atoms with Crippen molar-refractivity contribution in [1.29, 1.82) is 0 Å². The standard InChI is InChI=1S/C28H29Cl2N5O2/c1-28(2,3)35-27(32-33-34-35)26(25(18-10-6-4-7-11-18)19-12-8-5-9-13-19)31-23(17-24(36)37)20-14-15-21(29)22(30)16-20/h4-16,23,25-26,31H,17H2,1-3H3,(H,36,37). The van der Waals surface area contributed by atoms with Crippen molar-refractivity contribution in [2.24, 2.45) is 0 Å². The smallest absolute Gasteiger partial charge is 0.305 e. The molecule has 192 valence electrons. The summed E-state index contributed by atoms with van der Waals surface area (Å²) in [5.74, 6) is -0.581. The van der Waals surface area contributed by atoms with E-state index < -0.39 is 23.6 Å². The fourth-order valence-corrected chi connectivity index (χ4v) is 4.78. The molecule has 0 saturated heterocycles. The summed E-state index contributed by atoms with van der Waals surface area (Å²) in [7, 11) is 0. The molecular weight excluding hydrogens is 509 g/mol. The first-order valence-corrected chi connectivity index (χ1v) is 12.7. The minimum Gasteiger partial charge on any atom is -0.481 e. The number of carboxylic acids is 1. The van der Waals surface area contributed by atoms with Gasteiger partial charge in [-0.15, -0.1) is 5.10 Å². The van der Waals surface area contributed by atoms with Gasteiger partial charge in [0.05, 0.1) is 28.0 Å². The summed E-state index contributed by atoms with van der Waals surface area (Å²) in [5.41, 5.74) is 2.37. The summed E-state index contributed by atoms with van der Waals surface area (Å²) in [6.07, 6.45) is -0.179. The van der Waals surface area contributed by atoms with Crippen LogP contribution in [0.5, 0.6) is 0 Å². The third kappa shape index (κ3) is 6.36. The van der Waals surface area contributed by atoms with Gasteiger partial charge in [0.25, 0.3) is 0 Å². The van der Waals surface area contributed by atoms with Gasteiger partial charge in [-0.25, -0.2) is 4.68 Å². The van der Waals surface area contributed by atoms with Crippen LogP contribution in [0.25, 0.3) is 0 Å². The molecule has 1 heterocycles. The van der Waals surface area contributed by atoms with Gasteiger partial charge in [0.2, 0.25) is 0 Å². The molecule has 1 aromatic heterocycles. The van der Waals surface area contributed by atoms with Crippen LogP contribution in [-0.2, 0) is 10.3 Å². The van der Waals surface area contributed by atoms with Gasteiger partial charge in [0, 0.05) is 12.0 Å². The van der Waals surface area contributed by atoms with Gasteiger partial charge in [-0.2, -0.15) is 0 Å². The zero-order valence-corrected chi connectivity index (χ0v) is 22.4. The van der Waals surface area contributed by atoms with Crippen molar-refractivity contribution in [3.63, 3.8) is 0 Å². The second-order valence-corrected chi connectivity index (χ2v) is 10.7. The summed E-state index contributed by atoms with van der Waals surface area (Å²) in [6, 6.07) is 24.2. The summed E-state index contributed by atoms with van der Waals surface area (Å²) in [6.45, 7) is 6.08. The molecule has 9 heteroatoms. The number of nitrogens with zero attached hydrogens (tertiary/aromatic N) is 4. The number of hydrogen-bond donors (Lipinski definition) is 2. The van der Waals surface area contributed by atoms with Crippen LogP contribution >= 0.6 is 23.2 Å². The Bertz CT molecular complexity index is 1300. The Morgan fingerprint density at radius 1 is 0.919 bits per heavy atom. The predicted molar refractivity (Wildman–Crippen MR) is 145 cm³/mol. The molecule has 0 saturated carbocycles. The quantitative estimate of drug-likeness (QED) is 0.256. The normalized spacial score (nSPS) is 13.5. The van der Waals surface area contributed by atoms with Crippen molar-refractivity contribution in [3.8, 4) is 0 Å². The van der Waals surface area contributed by atoms with E-state index in [4.69, 9.17) is 23.2 Å². The molecule has 2 N–H and O–H groups in total. The molecular formula is C28H29Cl2N5O2.